The highest BCUT2D eigenvalue weighted by atomic mass is 32.2. The maximum absolute atomic E-state index is 12.4. The molecule has 3 rings (SSSR count). The SMILES string of the molecule is CCCCCCCCS(=O)(=O)OC[C@H]1OC(O[C@@H]2C(N)CC(N)C(O[C@H]3OC(CN)[C@@H](O)[C@H](O)C3O)[C@@H]2O)[C@H](O)[C@H](N)C1O. The van der Waals surface area contributed by atoms with Gasteiger partial charge in [-0.05, 0) is 12.8 Å². The van der Waals surface area contributed by atoms with Crippen molar-refractivity contribution in [3.63, 3.8) is 0 Å². The number of ether oxygens (including phenoxy) is 4. The molecule has 2 saturated heterocycles. The van der Waals surface area contributed by atoms with Crippen LogP contribution >= 0.6 is 0 Å². The quantitative estimate of drug-likeness (QED) is 0.0584. The lowest BCUT2D eigenvalue weighted by Crippen LogP contribution is -2.68. The van der Waals surface area contributed by atoms with Crippen LogP contribution in [0.5, 0.6) is 0 Å². The van der Waals surface area contributed by atoms with Gasteiger partial charge in [0.25, 0.3) is 10.1 Å². The summed E-state index contributed by atoms with van der Waals surface area (Å²) in [7, 11) is -3.94. The molecule has 18 heteroatoms. The molecule has 0 aromatic carbocycles. The molecule has 1 aliphatic carbocycles. The molecule has 0 amide bonds. The van der Waals surface area contributed by atoms with Gasteiger partial charge in [0, 0.05) is 18.6 Å². The minimum Gasteiger partial charge on any atom is -0.389 e. The van der Waals surface area contributed by atoms with Gasteiger partial charge >= 0.3 is 0 Å². The van der Waals surface area contributed by atoms with E-state index in [0.29, 0.717) is 6.42 Å². The molecule has 3 aliphatic rings. The number of unbranched alkanes of at least 4 members (excludes halogenated alkanes) is 5. The Morgan fingerprint density at radius 2 is 1.25 bits per heavy atom. The molecule has 0 spiro atoms. The third-order valence-electron chi connectivity index (χ3n) is 8.46. The summed E-state index contributed by atoms with van der Waals surface area (Å²) in [6.45, 7) is 1.29. The molecule has 2 aliphatic heterocycles. The Bertz CT molecular complexity index is 968. The van der Waals surface area contributed by atoms with Gasteiger partial charge in [-0.3, -0.25) is 4.18 Å². The average molecular weight is 661 g/mol. The number of hydrogen-bond donors (Lipinski definition) is 10. The summed E-state index contributed by atoms with van der Waals surface area (Å²) in [6, 6.07) is -3.13. The van der Waals surface area contributed by atoms with E-state index in [1.165, 1.54) is 0 Å². The van der Waals surface area contributed by atoms with E-state index < -0.39 is 108 Å². The molecule has 1 saturated carbocycles. The van der Waals surface area contributed by atoms with E-state index in [1.807, 2.05) is 0 Å². The summed E-state index contributed by atoms with van der Waals surface area (Å²) in [5.74, 6) is -0.206. The fourth-order valence-electron chi connectivity index (χ4n) is 5.68. The molecular formula is C26H52N4O13S. The number of nitrogens with two attached hydrogens (primary N) is 4. The van der Waals surface area contributed by atoms with Gasteiger partial charge in [0.1, 0.15) is 61.0 Å². The Kier molecular flexibility index (Phi) is 14.6. The van der Waals surface area contributed by atoms with Crippen molar-refractivity contribution >= 4 is 10.1 Å². The third kappa shape index (κ3) is 9.46. The van der Waals surface area contributed by atoms with E-state index in [1.54, 1.807) is 0 Å². The highest BCUT2D eigenvalue weighted by molar-refractivity contribution is 7.86. The van der Waals surface area contributed by atoms with Crippen molar-refractivity contribution in [2.24, 2.45) is 22.9 Å². The van der Waals surface area contributed by atoms with Crippen molar-refractivity contribution in [1.82, 2.24) is 0 Å². The van der Waals surface area contributed by atoms with Crippen LogP contribution in [0.25, 0.3) is 0 Å². The maximum atomic E-state index is 12.4. The van der Waals surface area contributed by atoms with Gasteiger partial charge in [-0.1, -0.05) is 39.0 Å². The largest absolute Gasteiger partial charge is 0.389 e. The lowest BCUT2D eigenvalue weighted by atomic mass is 9.84. The second kappa shape index (κ2) is 17.0. The van der Waals surface area contributed by atoms with Crippen LogP contribution in [0.1, 0.15) is 51.9 Å². The molecule has 260 valence electrons. The average Bonchev–Trinajstić information content (AvgIpc) is 2.98. The Labute approximate surface area is 257 Å². The fourth-order valence-corrected chi connectivity index (χ4v) is 6.69. The van der Waals surface area contributed by atoms with Crippen LogP contribution in [0.15, 0.2) is 0 Å². The zero-order valence-corrected chi connectivity index (χ0v) is 25.8. The first kappa shape index (κ1) is 37.8. The fraction of sp³-hybridized carbons (Fsp3) is 1.00. The molecule has 0 aromatic heterocycles. The lowest BCUT2D eigenvalue weighted by molar-refractivity contribution is -0.331. The first-order chi connectivity index (χ1) is 20.7. The smallest absolute Gasteiger partial charge is 0.267 e. The lowest BCUT2D eigenvalue weighted by Gasteiger charge is -2.48. The number of rotatable bonds is 15. The highest BCUT2D eigenvalue weighted by Gasteiger charge is 2.51. The van der Waals surface area contributed by atoms with Gasteiger partial charge in [-0.15, -0.1) is 0 Å². The van der Waals surface area contributed by atoms with Gasteiger partial charge in [-0.25, -0.2) is 0 Å². The molecule has 44 heavy (non-hydrogen) atoms. The van der Waals surface area contributed by atoms with Crippen molar-refractivity contribution in [3.8, 4) is 0 Å². The van der Waals surface area contributed by atoms with Gasteiger partial charge in [0.05, 0.1) is 18.4 Å². The first-order valence-electron chi connectivity index (χ1n) is 15.3. The van der Waals surface area contributed by atoms with Crippen molar-refractivity contribution in [2.75, 3.05) is 18.9 Å². The molecule has 0 bridgehead atoms. The van der Waals surface area contributed by atoms with Gasteiger partial charge in [0.15, 0.2) is 12.6 Å². The van der Waals surface area contributed by atoms with Crippen LogP contribution in [-0.4, -0.2) is 150 Å². The minimum absolute atomic E-state index is 0.0292. The summed E-state index contributed by atoms with van der Waals surface area (Å²) in [6.07, 6.45) is -12.3. The van der Waals surface area contributed by atoms with Crippen LogP contribution in [0.2, 0.25) is 0 Å². The van der Waals surface area contributed by atoms with Gasteiger partial charge in [0.2, 0.25) is 0 Å². The molecule has 14 N–H and O–H groups in total. The predicted molar refractivity (Wildman–Crippen MR) is 154 cm³/mol. The third-order valence-corrected chi connectivity index (χ3v) is 9.75. The van der Waals surface area contributed by atoms with E-state index in [2.05, 4.69) is 6.92 Å². The molecule has 7 unspecified atom stereocenters. The van der Waals surface area contributed by atoms with Crippen LogP contribution in [0.3, 0.4) is 0 Å². The molecule has 17 nitrogen and oxygen atoms in total. The van der Waals surface area contributed by atoms with Crippen LogP contribution in [0, 0.1) is 0 Å². The molecular weight excluding hydrogens is 608 g/mol. The predicted octanol–water partition coefficient (Wildman–Crippen LogP) is -4.58. The maximum Gasteiger partial charge on any atom is 0.267 e. The zero-order valence-electron chi connectivity index (χ0n) is 25.0. The summed E-state index contributed by atoms with van der Waals surface area (Å²) in [4.78, 5) is 0. The van der Waals surface area contributed by atoms with Crippen molar-refractivity contribution in [3.05, 3.63) is 0 Å². The second-order valence-electron chi connectivity index (χ2n) is 11.9. The van der Waals surface area contributed by atoms with Crippen molar-refractivity contribution in [2.45, 2.75) is 144 Å². The number of hydrogen-bond acceptors (Lipinski definition) is 17. The summed E-state index contributed by atoms with van der Waals surface area (Å²) in [5.41, 5.74) is 24.0. The molecule has 0 radical (unpaired) electrons. The van der Waals surface area contributed by atoms with E-state index in [9.17, 15) is 39.1 Å². The molecule has 0 aromatic rings. The monoisotopic (exact) mass is 660 g/mol. The normalized spacial score (nSPS) is 43.7. The van der Waals surface area contributed by atoms with E-state index in [-0.39, 0.29) is 18.7 Å². The van der Waals surface area contributed by atoms with Crippen LogP contribution in [0.4, 0.5) is 0 Å². The topological polar surface area (TPSA) is 306 Å². The van der Waals surface area contributed by atoms with E-state index in [0.717, 1.165) is 32.1 Å². The van der Waals surface area contributed by atoms with Gasteiger partial charge in [-0.2, -0.15) is 8.42 Å². The van der Waals surface area contributed by atoms with E-state index >= 15 is 0 Å². The van der Waals surface area contributed by atoms with Gasteiger partial charge < -0.3 is 72.5 Å². The van der Waals surface area contributed by atoms with Crippen molar-refractivity contribution < 1.29 is 62.2 Å². The summed E-state index contributed by atoms with van der Waals surface area (Å²) < 4.78 is 52.7. The summed E-state index contributed by atoms with van der Waals surface area (Å²) >= 11 is 0. The Hall–Kier alpha value is -0.650. The van der Waals surface area contributed by atoms with Crippen molar-refractivity contribution in [1.29, 1.82) is 0 Å². The number of aliphatic hydroxyl groups excluding tert-OH is 6. The second-order valence-corrected chi connectivity index (χ2v) is 13.7. The standard InChI is InChI=1S/C26H52N4O13S/c1-2-3-4-5-6-7-8-44(37,38)39-11-15-17(31)16(30)19(33)25(41-15)42-23-12(28)9-13(29)24(22(23)36)43-26-21(35)20(34)18(32)14(10-27)40-26/h12-26,31-36H,2-11,27-30H2,1H3/t12?,13?,14?,15-,16-,17?,18-,19-,20+,21?,22-,23-,24?,25?,26-/m1/s1. The molecule has 3 fully saturated rings. The van der Waals surface area contributed by atoms with E-state index in [4.69, 9.17) is 46.1 Å². The Morgan fingerprint density at radius 3 is 1.84 bits per heavy atom. The Balaban J connectivity index is 1.62. The zero-order chi connectivity index (χ0) is 32.8. The Morgan fingerprint density at radius 1 is 0.705 bits per heavy atom. The first-order valence-corrected chi connectivity index (χ1v) is 16.8. The number of aliphatic hydroxyl groups is 6. The molecule has 15 atom stereocenters. The summed E-state index contributed by atoms with van der Waals surface area (Å²) in [5, 5.41) is 63.1. The highest BCUT2D eigenvalue weighted by Crippen LogP contribution is 2.31. The minimum atomic E-state index is -3.94. The molecule has 2 heterocycles. The van der Waals surface area contributed by atoms with Crippen LogP contribution < -0.4 is 22.9 Å². The van der Waals surface area contributed by atoms with Crippen LogP contribution in [-0.2, 0) is 33.2 Å².